The number of hydrogen-bond acceptors (Lipinski definition) is 0. The molecule has 0 aromatic carbocycles. The maximum atomic E-state index is 3.73. The molecule has 0 spiro atoms. The average Bonchev–Trinajstić information content (AvgIpc) is 2.31. The molecule has 0 aliphatic rings. The van der Waals surface area contributed by atoms with Gasteiger partial charge in [0.25, 0.3) is 0 Å². The lowest BCUT2D eigenvalue weighted by Gasteiger charge is -1.95. The largest absolute Gasteiger partial charge is 0.103 e. The Labute approximate surface area is 102 Å². The summed E-state index contributed by atoms with van der Waals surface area (Å²) in [5.41, 5.74) is 0. The van der Waals surface area contributed by atoms with E-state index in [1.807, 2.05) is 6.08 Å². The Morgan fingerprint density at radius 2 is 1.31 bits per heavy atom. The quantitative estimate of drug-likeness (QED) is 0.234. The van der Waals surface area contributed by atoms with Gasteiger partial charge < -0.3 is 0 Å². The molecule has 16 heavy (non-hydrogen) atoms. The van der Waals surface area contributed by atoms with Gasteiger partial charge in [0.05, 0.1) is 0 Å². The van der Waals surface area contributed by atoms with Gasteiger partial charge in [0.15, 0.2) is 0 Å². The van der Waals surface area contributed by atoms with Gasteiger partial charge in [0.1, 0.15) is 0 Å². The van der Waals surface area contributed by atoms with Crippen molar-refractivity contribution < 1.29 is 0 Å². The van der Waals surface area contributed by atoms with Gasteiger partial charge in [-0.15, -0.1) is 6.58 Å². The molecule has 0 heteroatoms. The second kappa shape index (κ2) is 14.2. The van der Waals surface area contributed by atoms with Crippen molar-refractivity contribution in [1.29, 1.82) is 0 Å². The zero-order valence-electron chi connectivity index (χ0n) is 11.0. The van der Waals surface area contributed by atoms with Crippen LogP contribution < -0.4 is 0 Å². The van der Waals surface area contributed by atoms with Gasteiger partial charge in [-0.3, -0.25) is 0 Å². The maximum Gasteiger partial charge on any atom is -0.0348 e. The SMILES string of the molecule is C=CCCCCCCC=CC=CCCCC. The molecule has 0 aromatic rings. The number of unbranched alkanes of at least 4 members (excludes halogenated alkanes) is 7. The average molecular weight is 220 g/mol. The number of allylic oxidation sites excluding steroid dienone is 5. The monoisotopic (exact) mass is 220 g/mol. The molecule has 0 fully saturated rings. The third kappa shape index (κ3) is 13.2. The standard InChI is InChI=1S/C16H28/c1-3-5-7-9-11-13-15-16-14-12-10-8-6-4-2/h3,10,12,14,16H,1,4-9,11,13,15H2,2H3. The summed E-state index contributed by atoms with van der Waals surface area (Å²) in [6.07, 6.45) is 22.5. The number of rotatable bonds is 11. The van der Waals surface area contributed by atoms with E-state index in [-0.39, 0.29) is 0 Å². The van der Waals surface area contributed by atoms with E-state index in [0.29, 0.717) is 0 Å². The lowest BCUT2D eigenvalue weighted by molar-refractivity contribution is 0.652. The molecule has 0 amide bonds. The summed E-state index contributed by atoms with van der Waals surface area (Å²) >= 11 is 0. The summed E-state index contributed by atoms with van der Waals surface area (Å²) in [5, 5.41) is 0. The summed E-state index contributed by atoms with van der Waals surface area (Å²) in [7, 11) is 0. The van der Waals surface area contributed by atoms with Gasteiger partial charge in [-0.1, -0.05) is 63.0 Å². The van der Waals surface area contributed by atoms with Gasteiger partial charge >= 0.3 is 0 Å². The Kier molecular flexibility index (Phi) is 13.5. The fourth-order valence-electron chi connectivity index (χ4n) is 1.58. The van der Waals surface area contributed by atoms with E-state index in [2.05, 4.69) is 37.8 Å². The zero-order valence-corrected chi connectivity index (χ0v) is 11.0. The molecule has 92 valence electrons. The first-order chi connectivity index (χ1) is 7.91. The fraction of sp³-hybridized carbons (Fsp3) is 0.625. The van der Waals surface area contributed by atoms with Gasteiger partial charge in [-0.25, -0.2) is 0 Å². The lowest BCUT2D eigenvalue weighted by Crippen LogP contribution is -1.76. The molecule has 0 atom stereocenters. The molecule has 0 nitrogen and oxygen atoms in total. The first kappa shape index (κ1) is 15.2. The highest BCUT2D eigenvalue weighted by molar-refractivity contribution is 5.02. The van der Waals surface area contributed by atoms with Gasteiger partial charge in [0.2, 0.25) is 0 Å². The van der Waals surface area contributed by atoms with Crippen LogP contribution in [0.1, 0.15) is 64.7 Å². The van der Waals surface area contributed by atoms with E-state index < -0.39 is 0 Å². The minimum Gasteiger partial charge on any atom is -0.103 e. The maximum absolute atomic E-state index is 3.73. The van der Waals surface area contributed by atoms with Gasteiger partial charge in [-0.05, 0) is 32.1 Å². The normalized spacial score (nSPS) is 11.6. The molecule has 0 saturated carbocycles. The summed E-state index contributed by atoms with van der Waals surface area (Å²) in [4.78, 5) is 0. The van der Waals surface area contributed by atoms with Crippen LogP contribution in [0.5, 0.6) is 0 Å². The minimum absolute atomic E-state index is 1.18. The third-order valence-electron chi connectivity index (χ3n) is 2.64. The van der Waals surface area contributed by atoms with E-state index in [9.17, 15) is 0 Å². The van der Waals surface area contributed by atoms with E-state index >= 15 is 0 Å². The van der Waals surface area contributed by atoms with E-state index in [1.54, 1.807) is 0 Å². The molecule has 0 heterocycles. The van der Waals surface area contributed by atoms with Crippen molar-refractivity contribution in [2.45, 2.75) is 64.7 Å². The summed E-state index contributed by atoms with van der Waals surface area (Å²) in [6.45, 7) is 5.96. The van der Waals surface area contributed by atoms with Crippen molar-refractivity contribution in [3.05, 3.63) is 37.0 Å². The minimum atomic E-state index is 1.18. The summed E-state index contributed by atoms with van der Waals surface area (Å²) in [6, 6.07) is 0. The predicted octanol–water partition coefficient (Wildman–Crippen LogP) is 5.82. The van der Waals surface area contributed by atoms with Crippen LogP contribution in [0, 0.1) is 0 Å². The molecule has 0 saturated heterocycles. The summed E-state index contributed by atoms with van der Waals surface area (Å²) < 4.78 is 0. The van der Waals surface area contributed by atoms with Crippen LogP contribution in [0.25, 0.3) is 0 Å². The highest BCUT2D eigenvalue weighted by Crippen LogP contribution is 2.06. The van der Waals surface area contributed by atoms with Crippen molar-refractivity contribution in [2.24, 2.45) is 0 Å². The summed E-state index contributed by atoms with van der Waals surface area (Å²) in [5.74, 6) is 0. The Morgan fingerprint density at radius 3 is 1.88 bits per heavy atom. The second-order valence-corrected chi connectivity index (χ2v) is 4.28. The number of hydrogen-bond donors (Lipinski definition) is 0. The molecular weight excluding hydrogens is 192 g/mol. The van der Waals surface area contributed by atoms with Crippen LogP contribution in [0.3, 0.4) is 0 Å². The molecule has 0 unspecified atom stereocenters. The van der Waals surface area contributed by atoms with Crippen LogP contribution in [-0.2, 0) is 0 Å². The van der Waals surface area contributed by atoms with E-state index in [4.69, 9.17) is 0 Å². The topological polar surface area (TPSA) is 0 Å². The Hall–Kier alpha value is -0.780. The van der Waals surface area contributed by atoms with Gasteiger partial charge in [-0.2, -0.15) is 0 Å². The highest BCUT2D eigenvalue weighted by Gasteiger charge is 1.86. The molecule has 0 radical (unpaired) electrons. The van der Waals surface area contributed by atoms with E-state index in [0.717, 1.165) is 0 Å². The van der Waals surface area contributed by atoms with Crippen molar-refractivity contribution >= 4 is 0 Å². The highest BCUT2D eigenvalue weighted by atomic mass is 13.9. The molecule has 0 aliphatic carbocycles. The first-order valence-electron chi connectivity index (χ1n) is 6.84. The van der Waals surface area contributed by atoms with Crippen LogP contribution >= 0.6 is 0 Å². The molecular formula is C16H28. The van der Waals surface area contributed by atoms with Crippen molar-refractivity contribution in [3.8, 4) is 0 Å². The zero-order chi connectivity index (χ0) is 11.9. The molecule has 0 N–H and O–H groups in total. The second-order valence-electron chi connectivity index (χ2n) is 4.28. The van der Waals surface area contributed by atoms with Crippen LogP contribution in [0.2, 0.25) is 0 Å². The Balaban J connectivity index is 3.14. The molecule has 0 bridgehead atoms. The van der Waals surface area contributed by atoms with Crippen LogP contribution in [-0.4, -0.2) is 0 Å². The van der Waals surface area contributed by atoms with Crippen LogP contribution in [0.15, 0.2) is 37.0 Å². The molecule has 0 aliphatic heterocycles. The predicted molar refractivity (Wildman–Crippen MR) is 75.7 cm³/mol. The third-order valence-corrected chi connectivity index (χ3v) is 2.64. The van der Waals surface area contributed by atoms with Crippen molar-refractivity contribution in [1.82, 2.24) is 0 Å². The van der Waals surface area contributed by atoms with E-state index in [1.165, 1.54) is 57.8 Å². The van der Waals surface area contributed by atoms with Crippen LogP contribution in [0.4, 0.5) is 0 Å². The lowest BCUT2D eigenvalue weighted by atomic mass is 10.1. The molecule has 0 rings (SSSR count). The Morgan fingerprint density at radius 1 is 0.750 bits per heavy atom. The first-order valence-corrected chi connectivity index (χ1v) is 6.84. The van der Waals surface area contributed by atoms with Crippen molar-refractivity contribution in [2.75, 3.05) is 0 Å². The van der Waals surface area contributed by atoms with Gasteiger partial charge in [0, 0.05) is 0 Å². The Bertz CT molecular complexity index is 186. The fourth-order valence-corrected chi connectivity index (χ4v) is 1.58. The molecule has 0 aromatic heterocycles. The van der Waals surface area contributed by atoms with Crippen molar-refractivity contribution in [3.63, 3.8) is 0 Å². The smallest absolute Gasteiger partial charge is 0.0348 e.